The van der Waals surface area contributed by atoms with Gasteiger partial charge in [0.1, 0.15) is 0 Å². The van der Waals surface area contributed by atoms with Gasteiger partial charge in [-0.2, -0.15) is 0 Å². The molecule has 0 bridgehead atoms. The third-order valence-corrected chi connectivity index (χ3v) is 4.20. The highest BCUT2D eigenvalue weighted by atomic mass is 35.5. The summed E-state index contributed by atoms with van der Waals surface area (Å²) in [4.78, 5) is 10.9. The maximum absolute atomic E-state index is 10.9. The molecule has 3 N–H and O–H groups in total. The molecule has 134 valence electrons. The summed E-state index contributed by atoms with van der Waals surface area (Å²) in [7, 11) is 1.52. The molecule has 2 rings (SSSR count). The molecule has 1 amide bonds. The lowest BCUT2D eigenvalue weighted by atomic mass is 10.0. The molecule has 0 heterocycles. The van der Waals surface area contributed by atoms with Gasteiger partial charge in [0.2, 0.25) is 0 Å². The van der Waals surface area contributed by atoms with Gasteiger partial charge in [0.25, 0.3) is 5.91 Å². The van der Waals surface area contributed by atoms with Gasteiger partial charge in [-0.1, -0.05) is 35.9 Å². The Hall–Kier alpha value is -2.24. The second-order valence-corrected chi connectivity index (χ2v) is 6.23. The van der Waals surface area contributed by atoms with Crippen LogP contribution in [0.15, 0.2) is 36.4 Å². The van der Waals surface area contributed by atoms with Crippen LogP contribution in [0.1, 0.15) is 29.7 Å². The number of carbonyl (C=O) groups is 1. The van der Waals surface area contributed by atoms with Gasteiger partial charge >= 0.3 is 0 Å². The summed E-state index contributed by atoms with van der Waals surface area (Å²) in [6.07, 6.45) is 0. The van der Waals surface area contributed by atoms with Crippen LogP contribution in [0.25, 0.3) is 0 Å². The van der Waals surface area contributed by atoms with Crippen LogP contribution in [-0.4, -0.2) is 19.6 Å². The van der Waals surface area contributed by atoms with Crippen LogP contribution in [0.2, 0.25) is 5.02 Å². The van der Waals surface area contributed by atoms with Gasteiger partial charge in [-0.3, -0.25) is 4.79 Å². The third-order valence-electron chi connectivity index (χ3n) is 3.92. The quantitative estimate of drug-likeness (QED) is 0.755. The molecule has 0 aromatic heterocycles. The first kappa shape index (κ1) is 19.1. The highest BCUT2D eigenvalue weighted by molar-refractivity contribution is 6.32. The van der Waals surface area contributed by atoms with Gasteiger partial charge in [-0.15, -0.1) is 0 Å². The Morgan fingerprint density at radius 3 is 2.68 bits per heavy atom. The average molecular weight is 363 g/mol. The van der Waals surface area contributed by atoms with Crippen molar-refractivity contribution in [1.82, 2.24) is 5.32 Å². The minimum absolute atomic E-state index is 0.191. The van der Waals surface area contributed by atoms with Gasteiger partial charge in [-0.05, 0) is 42.7 Å². The topological polar surface area (TPSA) is 73.6 Å². The molecule has 0 saturated heterocycles. The molecule has 0 spiro atoms. The van der Waals surface area contributed by atoms with Gasteiger partial charge < -0.3 is 20.5 Å². The number of aryl methyl sites for hydroxylation is 1. The van der Waals surface area contributed by atoms with E-state index < -0.39 is 5.91 Å². The van der Waals surface area contributed by atoms with Crippen molar-refractivity contribution in [2.24, 2.45) is 5.73 Å². The van der Waals surface area contributed by atoms with Crippen molar-refractivity contribution in [3.05, 3.63) is 58.1 Å². The zero-order valence-corrected chi connectivity index (χ0v) is 15.4. The molecular weight excluding hydrogens is 340 g/mol. The first-order chi connectivity index (χ1) is 11.9. The van der Waals surface area contributed by atoms with Crippen molar-refractivity contribution < 1.29 is 14.3 Å². The fourth-order valence-electron chi connectivity index (χ4n) is 2.61. The number of carbonyl (C=O) groups excluding carboxylic acids is 1. The van der Waals surface area contributed by atoms with Gasteiger partial charge in [-0.25, -0.2) is 0 Å². The largest absolute Gasteiger partial charge is 0.493 e. The monoisotopic (exact) mass is 362 g/mol. The van der Waals surface area contributed by atoms with Crippen LogP contribution in [0, 0.1) is 6.92 Å². The van der Waals surface area contributed by atoms with E-state index in [2.05, 4.69) is 31.3 Å². The minimum atomic E-state index is -0.573. The number of rotatable bonds is 8. The second kappa shape index (κ2) is 8.74. The molecule has 0 aliphatic heterocycles. The van der Waals surface area contributed by atoms with E-state index in [9.17, 15) is 4.79 Å². The average Bonchev–Trinajstić information content (AvgIpc) is 2.58. The van der Waals surface area contributed by atoms with Crippen LogP contribution in [0.4, 0.5) is 0 Å². The van der Waals surface area contributed by atoms with E-state index in [1.54, 1.807) is 6.07 Å². The summed E-state index contributed by atoms with van der Waals surface area (Å²) in [6, 6.07) is 12.1. The molecule has 0 aliphatic rings. The number of hydrogen-bond donors (Lipinski definition) is 2. The first-order valence-electron chi connectivity index (χ1n) is 7.98. The van der Waals surface area contributed by atoms with Gasteiger partial charge in [0.05, 0.1) is 12.1 Å². The Kier molecular flexibility index (Phi) is 6.67. The molecular formula is C19H23ClN2O3. The number of nitrogens with one attached hydrogen (secondary N) is 1. The molecule has 5 nitrogen and oxygen atoms in total. The molecule has 2 aromatic rings. The van der Waals surface area contributed by atoms with Crippen molar-refractivity contribution in [2.75, 3.05) is 13.7 Å². The molecule has 25 heavy (non-hydrogen) atoms. The summed E-state index contributed by atoms with van der Waals surface area (Å²) < 4.78 is 10.7. The van der Waals surface area contributed by atoms with Crippen LogP contribution < -0.4 is 20.5 Å². The summed E-state index contributed by atoms with van der Waals surface area (Å²) in [5.74, 6) is 0.212. The van der Waals surface area contributed by atoms with E-state index in [1.807, 2.05) is 18.2 Å². The normalized spacial score (nSPS) is 11.8. The molecule has 0 fully saturated rings. The molecule has 2 aromatic carbocycles. The van der Waals surface area contributed by atoms with E-state index in [-0.39, 0.29) is 12.6 Å². The Bertz CT molecular complexity index is 749. The van der Waals surface area contributed by atoms with E-state index in [0.29, 0.717) is 23.1 Å². The lowest BCUT2D eigenvalue weighted by Crippen LogP contribution is -2.21. The number of hydrogen-bond acceptors (Lipinski definition) is 4. The van der Waals surface area contributed by atoms with Crippen molar-refractivity contribution in [2.45, 2.75) is 26.4 Å². The van der Waals surface area contributed by atoms with Crippen LogP contribution in [0.5, 0.6) is 11.5 Å². The summed E-state index contributed by atoms with van der Waals surface area (Å²) in [5, 5.41) is 3.85. The van der Waals surface area contributed by atoms with Crippen LogP contribution >= 0.6 is 11.6 Å². The zero-order valence-electron chi connectivity index (χ0n) is 14.6. The van der Waals surface area contributed by atoms with E-state index in [0.717, 1.165) is 5.56 Å². The maximum atomic E-state index is 10.9. The third kappa shape index (κ3) is 5.11. The summed E-state index contributed by atoms with van der Waals surface area (Å²) in [6.45, 7) is 4.57. The highest BCUT2D eigenvalue weighted by Crippen LogP contribution is 2.36. The van der Waals surface area contributed by atoms with E-state index in [1.165, 1.54) is 18.2 Å². The molecule has 6 heteroatoms. The number of methoxy groups -OCH3 is 1. The Balaban J connectivity index is 2.11. The Labute approximate surface area is 153 Å². The predicted octanol–water partition coefficient (Wildman–Crippen LogP) is 3.37. The summed E-state index contributed by atoms with van der Waals surface area (Å²) in [5.41, 5.74) is 8.55. The number of nitrogens with two attached hydrogens (primary N) is 1. The zero-order chi connectivity index (χ0) is 18.4. The molecule has 1 unspecified atom stereocenters. The van der Waals surface area contributed by atoms with Crippen LogP contribution in [-0.2, 0) is 11.3 Å². The number of halogens is 1. The lowest BCUT2D eigenvalue weighted by molar-refractivity contribution is -0.119. The Morgan fingerprint density at radius 1 is 1.32 bits per heavy atom. The molecule has 0 radical (unpaired) electrons. The maximum Gasteiger partial charge on any atom is 0.255 e. The van der Waals surface area contributed by atoms with E-state index >= 15 is 0 Å². The van der Waals surface area contributed by atoms with Gasteiger partial charge in [0.15, 0.2) is 18.1 Å². The molecule has 0 saturated carbocycles. The predicted molar refractivity (Wildman–Crippen MR) is 99.1 cm³/mol. The van der Waals surface area contributed by atoms with Crippen molar-refractivity contribution in [1.29, 1.82) is 0 Å². The standard InChI is InChI=1S/C19H23ClN2O3/c1-12-6-4-5-7-15(12)13(2)22-10-14-8-16(20)19(17(9-14)24-3)25-11-18(21)23/h4-9,13,22H,10-11H2,1-3H3,(H2,21,23). The SMILES string of the molecule is COc1cc(CNC(C)c2ccccc2C)cc(Cl)c1OCC(N)=O. The fraction of sp³-hybridized carbons (Fsp3) is 0.316. The Morgan fingerprint density at radius 2 is 2.04 bits per heavy atom. The number of amides is 1. The van der Waals surface area contributed by atoms with Gasteiger partial charge in [0, 0.05) is 12.6 Å². The second-order valence-electron chi connectivity index (χ2n) is 5.82. The highest BCUT2D eigenvalue weighted by Gasteiger charge is 2.14. The first-order valence-corrected chi connectivity index (χ1v) is 8.36. The number of ether oxygens (including phenoxy) is 2. The smallest absolute Gasteiger partial charge is 0.255 e. The fourth-order valence-corrected chi connectivity index (χ4v) is 2.90. The lowest BCUT2D eigenvalue weighted by Gasteiger charge is -2.18. The molecule has 0 aliphatic carbocycles. The van der Waals surface area contributed by atoms with Crippen molar-refractivity contribution in [3.63, 3.8) is 0 Å². The van der Waals surface area contributed by atoms with Crippen LogP contribution in [0.3, 0.4) is 0 Å². The minimum Gasteiger partial charge on any atom is -0.493 e. The number of benzene rings is 2. The summed E-state index contributed by atoms with van der Waals surface area (Å²) >= 11 is 6.27. The number of primary amides is 1. The van der Waals surface area contributed by atoms with Crippen molar-refractivity contribution in [3.8, 4) is 11.5 Å². The molecule has 1 atom stereocenters. The van der Waals surface area contributed by atoms with Crippen molar-refractivity contribution >= 4 is 17.5 Å². The van der Waals surface area contributed by atoms with E-state index in [4.69, 9.17) is 26.8 Å².